The Morgan fingerprint density at radius 2 is 1.50 bits per heavy atom. The monoisotopic (exact) mass is 167 g/mol. The van der Waals surface area contributed by atoms with Gasteiger partial charge in [0, 0.05) is 0 Å². The molecule has 0 aromatic heterocycles. The maximum atomic E-state index is 9.67. The molecule has 6 nitrogen and oxygen atoms in total. The van der Waals surface area contributed by atoms with Gasteiger partial charge in [-0.2, -0.15) is 0 Å². The van der Waals surface area contributed by atoms with Crippen molar-refractivity contribution in [3.05, 3.63) is 0 Å². The van der Waals surface area contributed by atoms with Crippen LogP contribution in [0.25, 0.3) is 0 Å². The van der Waals surface area contributed by atoms with Gasteiger partial charge in [0.2, 0.25) is 5.91 Å². The standard InChI is InChI=1S/C3H7NO2.Al.3H2O/c1-2(5)3(4)6;;;;/h2,5H,1H3,(H2,4,6);;3*1H2/q;+3;;;/p-3. The third kappa shape index (κ3) is 24.9. The summed E-state index contributed by atoms with van der Waals surface area (Å²) >= 11 is 0. The van der Waals surface area contributed by atoms with E-state index in [1.165, 1.54) is 6.92 Å². The molecule has 60 valence electrons. The largest absolute Gasteiger partial charge is 3.00 e. The summed E-state index contributed by atoms with van der Waals surface area (Å²) < 4.78 is 0. The van der Waals surface area contributed by atoms with Gasteiger partial charge in [-0.15, -0.1) is 0 Å². The number of carbonyl (C=O) groups is 1. The molecule has 0 aliphatic heterocycles. The molecule has 0 saturated heterocycles. The Morgan fingerprint density at radius 1 is 1.40 bits per heavy atom. The van der Waals surface area contributed by atoms with E-state index in [9.17, 15) is 4.79 Å². The summed E-state index contributed by atoms with van der Waals surface area (Å²) in [6, 6.07) is 0. The van der Waals surface area contributed by atoms with E-state index in [0.29, 0.717) is 0 Å². The van der Waals surface area contributed by atoms with Crippen LogP contribution in [0, 0.1) is 0 Å². The first-order valence-electron chi connectivity index (χ1n) is 1.62. The van der Waals surface area contributed by atoms with E-state index in [-0.39, 0.29) is 33.8 Å². The Hall–Kier alpha value is -0.158. The quantitative estimate of drug-likeness (QED) is 0.430. The van der Waals surface area contributed by atoms with E-state index in [1.807, 2.05) is 0 Å². The first kappa shape index (κ1) is 32.8. The molecule has 0 saturated carbocycles. The third-order valence-corrected chi connectivity index (χ3v) is 0.412. The Labute approximate surface area is 69.1 Å². The van der Waals surface area contributed by atoms with Gasteiger partial charge in [-0.25, -0.2) is 0 Å². The molecule has 0 spiro atoms. The maximum absolute atomic E-state index is 9.67. The molecule has 10 heavy (non-hydrogen) atoms. The third-order valence-electron chi connectivity index (χ3n) is 0.412. The zero-order valence-electron chi connectivity index (χ0n) is 5.43. The number of rotatable bonds is 1. The van der Waals surface area contributed by atoms with Gasteiger partial charge < -0.3 is 27.3 Å². The number of hydrogen-bond acceptors (Lipinski definition) is 5. The molecule has 0 aliphatic rings. The number of aliphatic hydroxyl groups is 1. The molecule has 0 aromatic carbocycles. The second-order valence-corrected chi connectivity index (χ2v) is 1.08. The molecular weight excluding hydrogens is 157 g/mol. The summed E-state index contributed by atoms with van der Waals surface area (Å²) in [6.45, 7) is 1.32. The molecule has 1 amide bonds. The molecule has 7 heteroatoms. The van der Waals surface area contributed by atoms with Crippen molar-refractivity contribution < 1.29 is 26.3 Å². The molecule has 1 unspecified atom stereocenters. The Kier molecular flexibility index (Phi) is 52.3. The van der Waals surface area contributed by atoms with Gasteiger partial charge in [-0.05, 0) is 6.92 Å². The second kappa shape index (κ2) is 15.9. The first-order valence-corrected chi connectivity index (χ1v) is 1.62. The fraction of sp³-hybridized carbons (Fsp3) is 0.667. The number of aliphatic hydroxyl groups excluding tert-OH is 1. The topological polar surface area (TPSA) is 153 Å². The number of amides is 1. The van der Waals surface area contributed by atoms with E-state index in [0.717, 1.165) is 0 Å². The van der Waals surface area contributed by atoms with Crippen LogP contribution < -0.4 is 5.73 Å². The van der Waals surface area contributed by atoms with E-state index < -0.39 is 12.0 Å². The molecular formula is C3H10AlNO5. The molecule has 0 fully saturated rings. The Morgan fingerprint density at radius 3 is 1.50 bits per heavy atom. The minimum absolute atomic E-state index is 0. The minimum Gasteiger partial charge on any atom is -0.870 e. The molecule has 0 heterocycles. The van der Waals surface area contributed by atoms with Crippen LogP contribution in [0.4, 0.5) is 0 Å². The molecule has 0 bridgehead atoms. The van der Waals surface area contributed by atoms with Crippen LogP contribution in [-0.4, -0.2) is 50.9 Å². The molecule has 1 atom stereocenters. The summed E-state index contributed by atoms with van der Waals surface area (Å²) in [5, 5.41) is 8.16. The maximum Gasteiger partial charge on any atom is 3.00 e. The summed E-state index contributed by atoms with van der Waals surface area (Å²) in [6.07, 6.45) is -1.01. The predicted molar refractivity (Wildman–Crippen MR) is 32.4 cm³/mol. The number of nitrogens with two attached hydrogens (primary N) is 1. The van der Waals surface area contributed by atoms with E-state index in [1.54, 1.807) is 0 Å². The molecule has 0 aliphatic carbocycles. The van der Waals surface area contributed by atoms with E-state index >= 15 is 0 Å². The van der Waals surface area contributed by atoms with E-state index in [4.69, 9.17) is 5.11 Å². The van der Waals surface area contributed by atoms with Gasteiger partial charge in [0.05, 0.1) is 0 Å². The average molecular weight is 167 g/mol. The number of primary amides is 1. The van der Waals surface area contributed by atoms with Gasteiger partial charge in [0.25, 0.3) is 0 Å². The predicted octanol–water partition coefficient (Wildman–Crippen LogP) is -2.06. The Balaban J connectivity index is -0.0000000208. The summed E-state index contributed by atoms with van der Waals surface area (Å²) in [4.78, 5) is 9.67. The fourth-order valence-corrected chi connectivity index (χ4v) is 0. The zero-order valence-corrected chi connectivity index (χ0v) is 6.58. The van der Waals surface area contributed by atoms with Crippen molar-refractivity contribution in [3.63, 3.8) is 0 Å². The SMILES string of the molecule is CC(O)C(N)=O.[Al+3].[OH-].[OH-].[OH-]. The van der Waals surface area contributed by atoms with Gasteiger partial charge in [0.15, 0.2) is 0 Å². The summed E-state index contributed by atoms with van der Waals surface area (Å²) in [5.74, 6) is -0.685. The van der Waals surface area contributed by atoms with Crippen LogP contribution in [0.5, 0.6) is 0 Å². The fourth-order valence-electron chi connectivity index (χ4n) is 0. The average Bonchev–Trinajstić information content (AvgIpc) is 1.36. The van der Waals surface area contributed by atoms with Crippen LogP contribution >= 0.6 is 0 Å². The van der Waals surface area contributed by atoms with Crippen molar-refractivity contribution in [2.75, 3.05) is 0 Å². The van der Waals surface area contributed by atoms with Crippen molar-refractivity contribution in [2.24, 2.45) is 5.73 Å². The number of carbonyl (C=O) groups excluding carboxylic acids is 1. The van der Waals surface area contributed by atoms with Gasteiger partial charge in [-0.1, -0.05) is 0 Å². The molecule has 0 radical (unpaired) electrons. The van der Waals surface area contributed by atoms with Gasteiger partial charge in [0.1, 0.15) is 6.10 Å². The molecule has 0 rings (SSSR count). The van der Waals surface area contributed by atoms with Crippen molar-refractivity contribution in [3.8, 4) is 0 Å². The van der Waals surface area contributed by atoms with Crippen molar-refractivity contribution in [1.29, 1.82) is 0 Å². The van der Waals surface area contributed by atoms with Crippen molar-refractivity contribution in [1.82, 2.24) is 0 Å². The Bertz CT molecular complexity index is 67.9. The van der Waals surface area contributed by atoms with Gasteiger partial charge >= 0.3 is 17.4 Å². The normalized spacial score (nSPS) is 8.20. The second-order valence-electron chi connectivity index (χ2n) is 1.08. The first-order chi connectivity index (χ1) is 2.64. The van der Waals surface area contributed by atoms with Crippen LogP contribution in [0.1, 0.15) is 6.92 Å². The smallest absolute Gasteiger partial charge is 0.870 e. The van der Waals surface area contributed by atoms with Gasteiger partial charge in [-0.3, -0.25) is 4.79 Å². The van der Waals surface area contributed by atoms with Crippen LogP contribution in [0.3, 0.4) is 0 Å². The zero-order chi connectivity index (χ0) is 5.15. The minimum atomic E-state index is -1.01. The van der Waals surface area contributed by atoms with Crippen LogP contribution in [0.2, 0.25) is 0 Å². The summed E-state index contributed by atoms with van der Waals surface area (Å²) in [5.41, 5.74) is 4.55. The summed E-state index contributed by atoms with van der Waals surface area (Å²) in [7, 11) is 0. The van der Waals surface area contributed by atoms with Crippen LogP contribution in [-0.2, 0) is 4.79 Å². The van der Waals surface area contributed by atoms with Crippen molar-refractivity contribution >= 4 is 23.3 Å². The van der Waals surface area contributed by atoms with Crippen LogP contribution in [0.15, 0.2) is 0 Å². The van der Waals surface area contributed by atoms with Crippen molar-refractivity contribution in [2.45, 2.75) is 13.0 Å². The number of hydrogen-bond donors (Lipinski definition) is 2. The van der Waals surface area contributed by atoms with E-state index in [2.05, 4.69) is 5.73 Å². The molecule has 0 aromatic rings. The molecule has 6 N–H and O–H groups in total.